The lowest BCUT2D eigenvalue weighted by atomic mass is 10.0. The smallest absolute Gasteiger partial charge is 0.263 e. The Bertz CT molecular complexity index is 396. The maximum absolute atomic E-state index is 12.3. The van der Waals surface area contributed by atoms with Gasteiger partial charge in [0, 0.05) is 13.1 Å². The molecule has 4 heteroatoms. The van der Waals surface area contributed by atoms with Crippen molar-refractivity contribution in [2.75, 3.05) is 13.1 Å². The van der Waals surface area contributed by atoms with E-state index in [0.29, 0.717) is 5.92 Å². The van der Waals surface area contributed by atoms with Crippen LogP contribution in [0.3, 0.4) is 0 Å². The van der Waals surface area contributed by atoms with Gasteiger partial charge in [0.05, 0.1) is 8.66 Å². The van der Waals surface area contributed by atoms with Gasteiger partial charge in [0.15, 0.2) is 0 Å². The van der Waals surface area contributed by atoms with Gasteiger partial charge in [0.25, 0.3) is 5.91 Å². The fourth-order valence-corrected chi connectivity index (χ4v) is 3.88. The average Bonchev–Trinajstić information content (AvgIpc) is 2.87. The van der Waals surface area contributed by atoms with Crippen molar-refractivity contribution >= 4 is 33.2 Å². The van der Waals surface area contributed by atoms with Gasteiger partial charge in [-0.3, -0.25) is 4.79 Å². The molecule has 0 spiro atoms. The summed E-state index contributed by atoms with van der Waals surface area (Å²) in [5.41, 5.74) is 1.16. The summed E-state index contributed by atoms with van der Waals surface area (Å²) < 4.78 is 1.07. The standard InChI is InChI=1S/C13H18BrNOS/c1-3-4-10-5-6-15(8-10)13(16)11-7-9(2)12(14)17-11/h7,10H,3-6,8H2,1-2H3. The van der Waals surface area contributed by atoms with Crippen molar-refractivity contribution in [3.63, 3.8) is 0 Å². The summed E-state index contributed by atoms with van der Waals surface area (Å²) in [6.07, 6.45) is 3.64. The predicted molar refractivity (Wildman–Crippen MR) is 75.7 cm³/mol. The van der Waals surface area contributed by atoms with Gasteiger partial charge < -0.3 is 4.90 Å². The number of likely N-dealkylation sites (tertiary alicyclic amines) is 1. The molecule has 1 fully saturated rings. The second-order valence-electron chi connectivity index (χ2n) is 4.76. The molecule has 0 bridgehead atoms. The number of rotatable bonds is 3. The first kappa shape index (κ1) is 13.1. The normalized spacial score (nSPS) is 19.9. The number of hydrogen-bond acceptors (Lipinski definition) is 2. The van der Waals surface area contributed by atoms with E-state index in [4.69, 9.17) is 0 Å². The minimum atomic E-state index is 0.211. The van der Waals surface area contributed by atoms with Crippen molar-refractivity contribution < 1.29 is 4.79 Å². The molecule has 1 unspecified atom stereocenters. The molecule has 2 nitrogen and oxygen atoms in total. The zero-order valence-electron chi connectivity index (χ0n) is 10.3. The molecule has 1 atom stereocenters. The predicted octanol–water partition coefficient (Wildman–Crippen LogP) is 4.08. The van der Waals surface area contributed by atoms with Gasteiger partial charge in [-0.25, -0.2) is 0 Å². The molecular weight excluding hydrogens is 298 g/mol. The van der Waals surface area contributed by atoms with Gasteiger partial charge in [-0.05, 0) is 53.2 Å². The zero-order valence-corrected chi connectivity index (χ0v) is 12.7. The minimum absolute atomic E-state index is 0.211. The Balaban J connectivity index is 2.02. The Morgan fingerprint density at radius 2 is 2.41 bits per heavy atom. The molecule has 94 valence electrons. The number of nitrogens with zero attached hydrogens (tertiary/aromatic N) is 1. The van der Waals surface area contributed by atoms with Crippen LogP contribution in [-0.2, 0) is 0 Å². The summed E-state index contributed by atoms with van der Waals surface area (Å²) in [6.45, 7) is 6.12. The lowest BCUT2D eigenvalue weighted by molar-refractivity contribution is 0.0791. The average molecular weight is 316 g/mol. The summed E-state index contributed by atoms with van der Waals surface area (Å²) in [4.78, 5) is 15.2. The number of carbonyl (C=O) groups is 1. The van der Waals surface area contributed by atoms with Gasteiger partial charge in [0.2, 0.25) is 0 Å². The van der Waals surface area contributed by atoms with E-state index in [0.717, 1.165) is 27.3 Å². The molecule has 0 aliphatic carbocycles. The van der Waals surface area contributed by atoms with Gasteiger partial charge in [-0.1, -0.05) is 13.3 Å². The fraction of sp³-hybridized carbons (Fsp3) is 0.615. The van der Waals surface area contributed by atoms with Crippen molar-refractivity contribution in [1.29, 1.82) is 0 Å². The van der Waals surface area contributed by atoms with Gasteiger partial charge in [0.1, 0.15) is 0 Å². The first-order valence-corrected chi connectivity index (χ1v) is 7.78. The summed E-state index contributed by atoms with van der Waals surface area (Å²) >= 11 is 5.03. The third kappa shape index (κ3) is 2.91. The lowest BCUT2D eigenvalue weighted by Gasteiger charge is -2.15. The van der Waals surface area contributed by atoms with E-state index in [1.165, 1.54) is 19.3 Å². The third-order valence-electron chi connectivity index (χ3n) is 3.34. The number of halogens is 1. The van der Waals surface area contributed by atoms with Crippen LogP contribution >= 0.6 is 27.3 Å². The van der Waals surface area contributed by atoms with Gasteiger partial charge in [-0.2, -0.15) is 0 Å². The number of hydrogen-bond donors (Lipinski definition) is 0. The van der Waals surface area contributed by atoms with Crippen molar-refractivity contribution in [2.45, 2.75) is 33.1 Å². The summed E-state index contributed by atoms with van der Waals surface area (Å²) in [5, 5.41) is 0. The molecule has 1 aromatic rings. The first-order valence-electron chi connectivity index (χ1n) is 6.17. The van der Waals surface area contributed by atoms with Crippen molar-refractivity contribution in [3.8, 4) is 0 Å². The number of aryl methyl sites for hydroxylation is 1. The molecular formula is C13H18BrNOS. The van der Waals surface area contributed by atoms with Crippen LogP contribution in [0.25, 0.3) is 0 Å². The third-order valence-corrected chi connectivity index (χ3v) is 5.46. The Labute approximate surface area is 115 Å². The lowest BCUT2D eigenvalue weighted by Crippen LogP contribution is -2.27. The fourth-order valence-electron chi connectivity index (χ4n) is 2.38. The second kappa shape index (κ2) is 5.53. The maximum atomic E-state index is 12.3. The largest absolute Gasteiger partial charge is 0.338 e. The summed E-state index contributed by atoms with van der Waals surface area (Å²) in [7, 11) is 0. The molecule has 2 heterocycles. The maximum Gasteiger partial charge on any atom is 0.263 e. The molecule has 2 rings (SSSR count). The van der Waals surface area contributed by atoms with Crippen molar-refractivity contribution in [3.05, 3.63) is 20.3 Å². The molecule has 0 radical (unpaired) electrons. The molecule has 17 heavy (non-hydrogen) atoms. The van der Waals surface area contributed by atoms with Crippen LogP contribution in [0.2, 0.25) is 0 Å². The molecule has 1 aliphatic heterocycles. The Morgan fingerprint density at radius 1 is 1.65 bits per heavy atom. The Morgan fingerprint density at radius 3 is 3.00 bits per heavy atom. The molecule has 1 aliphatic rings. The van der Waals surface area contributed by atoms with E-state index >= 15 is 0 Å². The minimum Gasteiger partial charge on any atom is -0.338 e. The van der Waals surface area contributed by atoms with E-state index in [9.17, 15) is 4.79 Å². The highest BCUT2D eigenvalue weighted by Gasteiger charge is 2.27. The van der Waals surface area contributed by atoms with Crippen LogP contribution < -0.4 is 0 Å². The monoisotopic (exact) mass is 315 g/mol. The second-order valence-corrected chi connectivity index (χ2v) is 7.13. The van der Waals surface area contributed by atoms with Gasteiger partial charge in [-0.15, -0.1) is 11.3 Å². The van der Waals surface area contributed by atoms with Crippen molar-refractivity contribution in [2.24, 2.45) is 5.92 Å². The quantitative estimate of drug-likeness (QED) is 0.823. The molecule has 0 saturated carbocycles. The van der Waals surface area contributed by atoms with E-state index in [1.807, 2.05) is 17.9 Å². The van der Waals surface area contributed by atoms with Crippen LogP contribution in [0.15, 0.2) is 9.85 Å². The van der Waals surface area contributed by atoms with Crippen LogP contribution in [0.1, 0.15) is 41.4 Å². The highest BCUT2D eigenvalue weighted by molar-refractivity contribution is 9.11. The zero-order chi connectivity index (χ0) is 12.4. The summed E-state index contributed by atoms with van der Waals surface area (Å²) in [6, 6.07) is 1.99. The molecule has 0 aromatic carbocycles. The Kier molecular flexibility index (Phi) is 4.26. The van der Waals surface area contributed by atoms with Crippen molar-refractivity contribution in [1.82, 2.24) is 4.90 Å². The highest BCUT2D eigenvalue weighted by atomic mass is 79.9. The number of thiophene rings is 1. The summed E-state index contributed by atoms with van der Waals surface area (Å²) in [5.74, 6) is 0.927. The first-order chi connectivity index (χ1) is 8.11. The number of carbonyl (C=O) groups excluding carboxylic acids is 1. The van der Waals surface area contributed by atoms with E-state index < -0.39 is 0 Å². The molecule has 1 saturated heterocycles. The van der Waals surface area contributed by atoms with Crippen LogP contribution in [0.5, 0.6) is 0 Å². The van der Waals surface area contributed by atoms with Crippen LogP contribution in [0.4, 0.5) is 0 Å². The molecule has 1 aromatic heterocycles. The Hall–Kier alpha value is -0.350. The van der Waals surface area contributed by atoms with Crippen LogP contribution in [-0.4, -0.2) is 23.9 Å². The van der Waals surface area contributed by atoms with E-state index in [-0.39, 0.29) is 5.91 Å². The van der Waals surface area contributed by atoms with Crippen LogP contribution in [0, 0.1) is 12.8 Å². The molecule has 1 amide bonds. The van der Waals surface area contributed by atoms with Gasteiger partial charge >= 0.3 is 0 Å². The van der Waals surface area contributed by atoms with E-state index in [1.54, 1.807) is 11.3 Å². The number of amides is 1. The highest BCUT2D eigenvalue weighted by Crippen LogP contribution is 2.30. The SMILES string of the molecule is CCCC1CCN(C(=O)c2cc(C)c(Br)s2)C1. The topological polar surface area (TPSA) is 20.3 Å². The molecule has 0 N–H and O–H groups in total. The van der Waals surface area contributed by atoms with E-state index in [2.05, 4.69) is 22.9 Å².